The van der Waals surface area contributed by atoms with Gasteiger partial charge in [0.1, 0.15) is 23.0 Å². The molecule has 0 amide bonds. The molecular formula is C63H61O9P5. The van der Waals surface area contributed by atoms with Crippen LogP contribution in [0.15, 0.2) is 303 Å². The maximum absolute atomic E-state index is 13.8. The third kappa shape index (κ3) is 20.7. The summed E-state index contributed by atoms with van der Waals surface area (Å²) in [5.74, 6) is 2.21. The van der Waals surface area contributed by atoms with Gasteiger partial charge < -0.3 is 32.4 Å². The third-order valence-electron chi connectivity index (χ3n) is 10.4. The lowest BCUT2D eigenvalue weighted by molar-refractivity contribution is 0.387. The van der Waals surface area contributed by atoms with Gasteiger partial charge in [-0.2, -0.15) is 0 Å². The summed E-state index contributed by atoms with van der Waals surface area (Å²) in [4.78, 5) is 17.7. The Balaban J connectivity index is 0.000000160. The first-order valence-corrected chi connectivity index (χ1v) is 33.0. The van der Waals surface area contributed by atoms with Crippen molar-refractivity contribution in [3.63, 3.8) is 0 Å². The molecule has 10 rings (SSSR count). The molecule has 77 heavy (non-hydrogen) atoms. The van der Waals surface area contributed by atoms with Gasteiger partial charge in [-0.05, 0) is 72.4 Å². The molecule has 2 N–H and O–H groups in total. The Morgan fingerprint density at radius 3 is 0.792 bits per heavy atom. The second-order valence-corrected chi connectivity index (χ2v) is 26.4. The van der Waals surface area contributed by atoms with Crippen LogP contribution >= 0.6 is 38.6 Å². The van der Waals surface area contributed by atoms with Crippen molar-refractivity contribution in [2.75, 3.05) is 20.0 Å². The van der Waals surface area contributed by atoms with E-state index in [0.29, 0.717) is 17.2 Å². The number of hydrogen-bond donors (Lipinski definition) is 2. The second-order valence-electron chi connectivity index (χ2n) is 16.6. The lowest BCUT2D eigenvalue weighted by Gasteiger charge is -2.19. The molecule has 392 valence electrons. The summed E-state index contributed by atoms with van der Waals surface area (Å²) in [5, 5.41) is 6.81. The molecule has 2 unspecified atom stereocenters. The first kappa shape index (κ1) is 59.1. The molecule has 2 atom stereocenters. The van der Waals surface area contributed by atoms with Gasteiger partial charge in [-0.15, -0.1) is 0 Å². The largest absolute Gasteiger partial charge is 0.448 e. The van der Waals surface area contributed by atoms with Gasteiger partial charge in [0.2, 0.25) is 8.38 Å². The predicted octanol–water partition coefficient (Wildman–Crippen LogP) is 14.6. The van der Waals surface area contributed by atoms with Crippen molar-refractivity contribution in [1.29, 1.82) is 0 Å². The Bertz CT molecular complexity index is 3070. The minimum atomic E-state index is -3.39. The smallest absolute Gasteiger partial charge is 0.427 e. The normalized spacial score (nSPS) is 11.8. The standard InChI is InChI=1S/C18H15OP.C18H15P.C13H13O3P.C7H9O3P.C7H9O2P/c19-20(16-10-4-1-5-11-16,17-12-6-2-7-13-17)18-14-8-3-9-15-18;1-4-10-16(11-5-1)19(17-12-6-2-7-13-17)18-14-8-3-9-15-18;1-17(14,15-12-8-4-2-5-9-12)16-13-10-6-3-7-11-13;1-11(8,9)10-7-5-3-2-4-6-7;1-10(8)9-7-5-3-2-4-6-7/h1-15H;1-15H;2-11H,1H3;2-6H,1H3,(H,8,9);2-6,8H,1H3. The van der Waals surface area contributed by atoms with E-state index in [1.54, 1.807) is 55.2 Å². The highest BCUT2D eigenvalue weighted by Crippen LogP contribution is 2.45. The van der Waals surface area contributed by atoms with E-state index in [2.05, 4.69) is 91.0 Å². The molecule has 0 saturated heterocycles. The van der Waals surface area contributed by atoms with Crippen molar-refractivity contribution in [1.82, 2.24) is 0 Å². The summed E-state index contributed by atoms with van der Waals surface area (Å²) in [6.07, 6.45) is 0. The lowest BCUT2D eigenvalue weighted by Crippen LogP contribution is -2.24. The zero-order chi connectivity index (χ0) is 54.6. The summed E-state index contributed by atoms with van der Waals surface area (Å²) in [7, 11) is -11.0. The van der Waals surface area contributed by atoms with Crippen LogP contribution in [-0.2, 0) is 13.7 Å². The molecule has 0 heterocycles. The lowest BCUT2D eigenvalue weighted by atomic mass is 10.3. The average Bonchev–Trinajstić information content (AvgIpc) is 3.46. The molecule has 0 aliphatic heterocycles. The molecule has 0 fully saturated rings. The van der Waals surface area contributed by atoms with Gasteiger partial charge in [-0.1, -0.05) is 255 Å². The van der Waals surface area contributed by atoms with E-state index in [9.17, 15) is 13.7 Å². The van der Waals surface area contributed by atoms with Gasteiger partial charge in [0.15, 0.2) is 7.14 Å². The SMILES string of the molecule is CP(=O)(O)Oc1ccccc1.CP(=O)(Oc1ccccc1)Oc1ccccc1.CP(O)Oc1ccccc1.O=P(c1ccccc1)(c1ccccc1)c1ccccc1.c1ccc(P(c2ccccc2)c2ccccc2)cc1. The molecular weight excluding hydrogens is 1060 g/mol. The fraction of sp³-hybridized carbons (Fsp3) is 0.0476. The van der Waals surface area contributed by atoms with Crippen LogP contribution in [0.25, 0.3) is 0 Å². The molecule has 0 radical (unpaired) electrons. The summed E-state index contributed by atoms with van der Waals surface area (Å²) in [6.45, 7) is 4.25. The van der Waals surface area contributed by atoms with Crippen LogP contribution in [-0.4, -0.2) is 29.8 Å². The minimum absolute atomic E-state index is 0.417. The van der Waals surface area contributed by atoms with E-state index in [1.165, 1.54) is 22.6 Å². The Labute approximate surface area is 455 Å². The Morgan fingerprint density at radius 1 is 0.325 bits per heavy atom. The van der Waals surface area contributed by atoms with Gasteiger partial charge in [0.05, 0.1) is 6.66 Å². The molecule has 0 aliphatic rings. The van der Waals surface area contributed by atoms with Crippen LogP contribution in [0.3, 0.4) is 0 Å². The third-order valence-corrected chi connectivity index (χ3v) is 18.1. The summed E-state index contributed by atoms with van der Waals surface area (Å²) in [5.41, 5.74) is 0. The highest BCUT2D eigenvalue weighted by Gasteiger charge is 2.29. The van der Waals surface area contributed by atoms with E-state index in [1.807, 2.05) is 164 Å². The van der Waals surface area contributed by atoms with E-state index in [4.69, 9.17) is 27.9 Å². The fourth-order valence-corrected chi connectivity index (χ4v) is 14.2. The molecule has 0 saturated carbocycles. The molecule has 9 nitrogen and oxygen atoms in total. The molecule has 0 aromatic heterocycles. The molecule has 0 bridgehead atoms. The van der Waals surface area contributed by atoms with Crippen LogP contribution in [0, 0.1) is 0 Å². The highest BCUT2D eigenvalue weighted by atomic mass is 31.2. The first-order chi connectivity index (χ1) is 37.3. The van der Waals surface area contributed by atoms with Crippen molar-refractivity contribution >= 4 is 70.5 Å². The van der Waals surface area contributed by atoms with Crippen LogP contribution in [0.4, 0.5) is 0 Å². The number of hydrogen-bond acceptors (Lipinski definition) is 8. The number of benzene rings is 10. The summed E-state index contributed by atoms with van der Waals surface area (Å²) < 4.78 is 57.1. The molecule has 14 heteroatoms. The fourth-order valence-electron chi connectivity index (χ4n) is 7.21. The maximum atomic E-state index is 13.8. The zero-order valence-electron chi connectivity index (χ0n) is 42.9. The summed E-state index contributed by atoms with van der Waals surface area (Å²) in [6, 6.07) is 97.3. The summed E-state index contributed by atoms with van der Waals surface area (Å²) >= 11 is 0. The van der Waals surface area contributed by atoms with E-state index >= 15 is 0 Å². The predicted molar refractivity (Wildman–Crippen MR) is 324 cm³/mol. The van der Waals surface area contributed by atoms with Gasteiger partial charge in [-0.25, -0.2) is 9.13 Å². The van der Waals surface area contributed by atoms with Crippen molar-refractivity contribution in [3.8, 4) is 23.0 Å². The molecule has 10 aromatic rings. The molecule has 0 spiro atoms. The van der Waals surface area contributed by atoms with Gasteiger partial charge in [0.25, 0.3) is 0 Å². The molecule has 0 aliphatic carbocycles. The van der Waals surface area contributed by atoms with Gasteiger partial charge in [0, 0.05) is 29.2 Å². The highest BCUT2D eigenvalue weighted by molar-refractivity contribution is 7.85. The Morgan fingerprint density at radius 2 is 0.545 bits per heavy atom. The number of para-hydroxylation sites is 4. The number of rotatable bonds is 14. The molecule has 10 aromatic carbocycles. The van der Waals surface area contributed by atoms with Crippen molar-refractivity contribution in [2.45, 2.75) is 0 Å². The van der Waals surface area contributed by atoms with Crippen LogP contribution < -0.4 is 49.9 Å². The van der Waals surface area contributed by atoms with Crippen molar-refractivity contribution in [3.05, 3.63) is 303 Å². The van der Waals surface area contributed by atoms with E-state index < -0.39 is 38.6 Å². The topological polar surface area (TPSA) is 129 Å². The van der Waals surface area contributed by atoms with Crippen LogP contribution in [0.1, 0.15) is 0 Å². The monoisotopic (exact) mass is 1120 g/mol. The second kappa shape index (κ2) is 31.2. The Hall–Kier alpha value is -7.13. The van der Waals surface area contributed by atoms with Crippen LogP contribution in [0.5, 0.6) is 23.0 Å². The van der Waals surface area contributed by atoms with E-state index in [0.717, 1.165) is 28.3 Å². The van der Waals surface area contributed by atoms with Gasteiger partial charge in [-0.3, -0.25) is 0 Å². The minimum Gasteiger partial charge on any atom is -0.448 e. The van der Waals surface area contributed by atoms with E-state index in [-0.39, 0.29) is 0 Å². The van der Waals surface area contributed by atoms with Crippen LogP contribution in [0.2, 0.25) is 0 Å². The average molecular weight is 1120 g/mol. The quantitative estimate of drug-likeness (QED) is 0.102. The van der Waals surface area contributed by atoms with Crippen molar-refractivity contribution in [2.24, 2.45) is 0 Å². The maximum Gasteiger partial charge on any atom is 0.427 e. The zero-order valence-corrected chi connectivity index (χ0v) is 47.3. The van der Waals surface area contributed by atoms with Gasteiger partial charge >= 0.3 is 15.2 Å². The Kier molecular flexibility index (Phi) is 23.9. The van der Waals surface area contributed by atoms with Crippen molar-refractivity contribution < 1.29 is 41.6 Å². The first-order valence-electron chi connectivity index (χ1n) is 24.3.